The molecule has 0 radical (unpaired) electrons. The first-order chi connectivity index (χ1) is 6.72. The number of fused-ring (bicyclic) bond motifs is 1. The van der Waals surface area contributed by atoms with E-state index in [-0.39, 0.29) is 0 Å². The normalized spacial score (nSPS) is 19.0. The molecule has 0 bridgehead atoms. The summed E-state index contributed by atoms with van der Waals surface area (Å²) in [7, 11) is 1.29. The molecule has 0 unspecified atom stereocenters. The standard InChI is InChI=1S/C7H7ClN4O2/c1-14-7(13)11-4-6-9-3-2-5(8)12(6)10-11/h2-4,10H,1H3. The number of halogens is 1. The summed E-state index contributed by atoms with van der Waals surface area (Å²) in [6, 6.07) is 0. The van der Waals surface area contributed by atoms with Crippen LogP contribution in [-0.4, -0.2) is 29.4 Å². The molecule has 0 aliphatic carbocycles. The van der Waals surface area contributed by atoms with Gasteiger partial charge >= 0.3 is 6.09 Å². The summed E-state index contributed by atoms with van der Waals surface area (Å²) in [5, 5.41) is 3.03. The lowest BCUT2D eigenvalue weighted by Gasteiger charge is -2.21. The summed E-state index contributed by atoms with van der Waals surface area (Å²) < 4.78 is 4.51. The van der Waals surface area contributed by atoms with Gasteiger partial charge in [0.1, 0.15) is 5.16 Å². The van der Waals surface area contributed by atoms with E-state index < -0.39 is 6.09 Å². The Bertz CT molecular complexity index is 363. The van der Waals surface area contributed by atoms with Crippen LogP contribution < -0.4 is 5.53 Å². The second-order valence-electron chi connectivity index (χ2n) is 2.53. The van der Waals surface area contributed by atoms with Crippen LogP contribution in [0, 0.1) is 0 Å². The summed E-state index contributed by atoms with van der Waals surface area (Å²) in [6.45, 7) is 0. The van der Waals surface area contributed by atoms with Crippen molar-refractivity contribution in [2.24, 2.45) is 4.99 Å². The fourth-order valence-electron chi connectivity index (χ4n) is 1.05. The number of aliphatic imine (C=N–C) groups is 1. The van der Waals surface area contributed by atoms with Crippen LogP contribution in [0.25, 0.3) is 0 Å². The molecule has 2 heterocycles. The predicted octanol–water partition coefficient (Wildman–Crippen LogP) is 0.754. The van der Waals surface area contributed by atoms with Crippen molar-refractivity contribution in [1.29, 1.82) is 0 Å². The minimum absolute atomic E-state index is 0.428. The zero-order chi connectivity index (χ0) is 10.1. The Balaban J connectivity index is 2.20. The Labute approximate surface area is 85.0 Å². The van der Waals surface area contributed by atoms with Crippen molar-refractivity contribution in [3.05, 3.63) is 23.3 Å². The lowest BCUT2D eigenvalue weighted by molar-refractivity contribution is 0.102. The highest BCUT2D eigenvalue weighted by Gasteiger charge is 2.28. The number of hydrazine groups is 2. The number of methoxy groups -OCH3 is 1. The van der Waals surface area contributed by atoms with Crippen LogP contribution in [0.5, 0.6) is 0 Å². The molecule has 1 N–H and O–H groups in total. The number of carbonyl (C=O) groups is 1. The smallest absolute Gasteiger partial charge is 0.429 e. The molecule has 0 aromatic rings. The highest BCUT2D eigenvalue weighted by atomic mass is 35.5. The van der Waals surface area contributed by atoms with Gasteiger partial charge < -0.3 is 4.74 Å². The molecular formula is C7H7ClN4O2. The lowest BCUT2D eigenvalue weighted by atomic mass is 10.5. The van der Waals surface area contributed by atoms with E-state index in [1.807, 2.05) is 0 Å². The second kappa shape index (κ2) is 3.32. The third-order valence-corrected chi connectivity index (χ3v) is 1.98. The minimum Gasteiger partial charge on any atom is -0.452 e. The molecule has 0 saturated carbocycles. The Morgan fingerprint density at radius 3 is 3.14 bits per heavy atom. The Kier molecular flexibility index (Phi) is 2.14. The van der Waals surface area contributed by atoms with Crippen LogP contribution >= 0.6 is 11.6 Å². The SMILES string of the molecule is COC(=O)N1C=C2N=CC=C(Cl)N2N1. The second-order valence-corrected chi connectivity index (χ2v) is 2.92. The van der Waals surface area contributed by atoms with Crippen molar-refractivity contribution >= 4 is 23.9 Å². The van der Waals surface area contributed by atoms with Gasteiger partial charge in [-0.05, 0) is 6.08 Å². The van der Waals surface area contributed by atoms with Gasteiger partial charge in [0.2, 0.25) is 0 Å². The van der Waals surface area contributed by atoms with E-state index in [4.69, 9.17) is 11.6 Å². The van der Waals surface area contributed by atoms with Gasteiger partial charge in [0.25, 0.3) is 0 Å². The summed E-state index contributed by atoms with van der Waals surface area (Å²) in [5.74, 6) is 0.530. The molecule has 0 saturated heterocycles. The Hall–Kier alpha value is -1.53. The van der Waals surface area contributed by atoms with E-state index in [0.717, 1.165) is 5.01 Å². The van der Waals surface area contributed by atoms with Crippen molar-refractivity contribution in [3.63, 3.8) is 0 Å². The number of allylic oxidation sites excluding steroid dienone is 1. The number of nitrogens with one attached hydrogen (secondary N) is 1. The third-order valence-electron chi connectivity index (χ3n) is 1.69. The monoisotopic (exact) mass is 214 g/mol. The molecule has 2 rings (SSSR count). The molecule has 0 fully saturated rings. The lowest BCUT2D eigenvalue weighted by Crippen LogP contribution is -2.42. The van der Waals surface area contributed by atoms with Crippen LogP contribution in [-0.2, 0) is 4.74 Å². The maximum absolute atomic E-state index is 11.1. The average Bonchev–Trinajstić information content (AvgIpc) is 2.62. The number of carbonyl (C=O) groups excluding carboxylic acids is 1. The predicted molar refractivity (Wildman–Crippen MR) is 49.7 cm³/mol. The molecule has 0 atom stereocenters. The van der Waals surface area contributed by atoms with E-state index in [1.165, 1.54) is 18.3 Å². The summed E-state index contributed by atoms with van der Waals surface area (Å²) in [5.41, 5.74) is 2.68. The molecule has 6 nitrogen and oxygen atoms in total. The van der Waals surface area contributed by atoms with Crippen molar-refractivity contribution < 1.29 is 9.53 Å². The average molecular weight is 215 g/mol. The van der Waals surface area contributed by atoms with Gasteiger partial charge in [-0.3, -0.25) is 0 Å². The van der Waals surface area contributed by atoms with Crippen LogP contribution in [0.4, 0.5) is 4.79 Å². The molecule has 2 aliphatic heterocycles. The topological polar surface area (TPSA) is 57.2 Å². The summed E-state index contributed by atoms with van der Waals surface area (Å²) in [4.78, 5) is 15.1. The first kappa shape index (κ1) is 9.04. The molecule has 2 aliphatic rings. The maximum Gasteiger partial charge on any atom is 0.429 e. The van der Waals surface area contributed by atoms with Gasteiger partial charge in [-0.1, -0.05) is 11.6 Å². The number of hydrogen-bond acceptors (Lipinski definition) is 5. The van der Waals surface area contributed by atoms with Gasteiger partial charge in [-0.25, -0.2) is 14.8 Å². The van der Waals surface area contributed by atoms with E-state index in [0.29, 0.717) is 11.0 Å². The minimum atomic E-state index is -0.536. The molecule has 74 valence electrons. The third kappa shape index (κ3) is 1.34. The number of nitrogens with zero attached hydrogens (tertiary/aromatic N) is 3. The number of amides is 1. The number of rotatable bonds is 0. The van der Waals surface area contributed by atoms with Gasteiger partial charge in [0.15, 0.2) is 5.82 Å². The van der Waals surface area contributed by atoms with Gasteiger partial charge in [0.05, 0.1) is 13.3 Å². The van der Waals surface area contributed by atoms with Gasteiger partial charge in [0, 0.05) is 6.21 Å². The number of hydrogen-bond donors (Lipinski definition) is 1. The molecule has 1 amide bonds. The summed E-state index contributed by atoms with van der Waals surface area (Å²) in [6.07, 6.45) is 4.10. The molecule has 14 heavy (non-hydrogen) atoms. The zero-order valence-corrected chi connectivity index (χ0v) is 8.02. The Morgan fingerprint density at radius 2 is 2.50 bits per heavy atom. The van der Waals surface area contributed by atoms with Crippen molar-refractivity contribution in [1.82, 2.24) is 15.6 Å². The van der Waals surface area contributed by atoms with Crippen LogP contribution in [0.15, 0.2) is 28.2 Å². The number of ether oxygens (including phenoxy) is 1. The first-order valence-corrected chi connectivity index (χ1v) is 4.15. The van der Waals surface area contributed by atoms with E-state index in [2.05, 4.69) is 15.3 Å². The van der Waals surface area contributed by atoms with Crippen LogP contribution in [0.2, 0.25) is 0 Å². The molecule has 7 heteroatoms. The first-order valence-electron chi connectivity index (χ1n) is 3.77. The fraction of sp³-hybridized carbons (Fsp3) is 0.143. The van der Waals surface area contributed by atoms with E-state index in [1.54, 1.807) is 12.3 Å². The largest absolute Gasteiger partial charge is 0.452 e. The quantitative estimate of drug-likeness (QED) is 0.605. The molecule has 0 aromatic carbocycles. The van der Waals surface area contributed by atoms with Crippen LogP contribution in [0.1, 0.15) is 0 Å². The highest BCUT2D eigenvalue weighted by molar-refractivity contribution is 6.30. The van der Waals surface area contributed by atoms with Crippen molar-refractivity contribution in [3.8, 4) is 0 Å². The highest BCUT2D eigenvalue weighted by Crippen LogP contribution is 2.23. The van der Waals surface area contributed by atoms with Crippen LogP contribution in [0.3, 0.4) is 0 Å². The van der Waals surface area contributed by atoms with Crippen molar-refractivity contribution in [2.75, 3.05) is 7.11 Å². The Morgan fingerprint density at radius 1 is 1.71 bits per heavy atom. The summed E-state index contributed by atoms with van der Waals surface area (Å²) >= 11 is 5.84. The zero-order valence-electron chi connectivity index (χ0n) is 7.27. The van der Waals surface area contributed by atoms with Gasteiger partial charge in [-0.2, -0.15) is 5.01 Å². The van der Waals surface area contributed by atoms with E-state index >= 15 is 0 Å². The molecule has 0 aromatic heterocycles. The molecular weight excluding hydrogens is 208 g/mol. The van der Waals surface area contributed by atoms with Crippen molar-refractivity contribution in [2.45, 2.75) is 0 Å². The molecule has 0 spiro atoms. The van der Waals surface area contributed by atoms with E-state index in [9.17, 15) is 4.79 Å². The maximum atomic E-state index is 11.1. The fourth-order valence-corrected chi connectivity index (χ4v) is 1.23. The van der Waals surface area contributed by atoms with Gasteiger partial charge in [-0.15, -0.1) is 5.53 Å².